The number of aromatic nitrogens is 2. The van der Waals surface area contributed by atoms with Gasteiger partial charge in [0.25, 0.3) is 5.91 Å². The van der Waals surface area contributed by atoms with Crippen LogP contribution in [0.15, 0.2) is 54.7 Å². The number of rotatable bonds is 5. The van der Waals surface area contributed by atoms with Crippen LogP contribution in [0.3, 0.4) is 0 Å². The number of amides is 1. The van der Waals surface area contributed by atoms with Gasteiger partial charge in [0.1, 0.15) is 11.5 Å². The van der Waals surface area contributed by atoms with Gasteiger partial charge in [-0.1, -0.05) is 11.6 Å². The summed E-state index contributed by atoms with van der Waals surface area (Å²) in [5.74, 6) is -0.863. The second kappa shape index (κ2) is 7.92. The molecule has 1 aromatic heterocycles. The van der Waals surface area contributed by atoms with E-state index in [-0.39, 0.29) is 22.4 Å². The van der Waals surface area contributed by atoms with Gasteiger partial charge in [-0.05, 0) is 55.5 Å². The zero-order valence-corrected chi connectivity index (χ0v) is 14.9. The molecule has 0 fully saturated rings. The van der Waals surface area contributed by atoms with E-state index in [1.54, 1.807) is 24.3 Å². The van der Waals surface area contributed by atoms with Crippen LogP contribution in [0.25, 0.3) is 0 Å². The molecule has 0 aliphatic heterocycles. The van der Waals surface area contributed by atoms with Crippen molar-refractivity contribution >= 4 is 40.6 Å². The van der Waals surface area contributed by atoms with E-state index in [1.165, 1.54) is 37.4 Å². The lowest BCUT2D eigenvalue weighted by atomic mass is 10.1. The second-order valence-electron chi connectivity index (χ2n) is 5.61. The van der Waals surface area contributed by atoms with Crippen molar-refractivity contribution in [2.45, 2.75) is 6.92 Å². The van der Waals surface area contributed by atoms with Crippen molar-refractivity contribution in [1.29, 1.82) is 0 Å². The molecular formula is C19H14ClFN4O2. The number of nitrogens with one attached hydrogen (secondary N) is 2. The molecule has 2 N–H and O–H groups in total. The first kappa shape index (κ1) is 18.5. The van der Waals surface area contributed by atoms with Crippen LogP contribution >= 0.6 is 11.6 Å². The Morgan fingerprint density at radius 3 is 2.41 bits per heavy atom. The molecule has 27 heavy (non-hydrogen) atoms. The van der Waals surface area contributed by atoms with E-state index < -0.39 is 11.7 Å². The number of anilines is 3. The number of nitrogens with zero attached hydrogens (tertiary/aromatic N) is 2. The van der Waals surface area contributed by atoms with Gasteiger partial charge in [0.2, 0.25) is 5.95 Å². The second-order valence-corrected chi connectivity index (χ2v) is 6.01. The Morgan fingerprint density at radius 2 is 1.74 bits per heavy atom. The average molecular weight is 385 g/mol. The van der Waals surface area contributed by atoms with E-state index in [9.17, 15) is 14.0 Å². The van der Waals surface area contributed by atoms with E-state index in [1.807, 2.05) is 0 Å². The van der Waals surface area contributed by atoms with Crippen LogP contribution in [0.1, 0.15) is 27.8 Å². The van der Waals surface area contributed by atoms with Crippen LogP contribution in [0.4, 0.5) is 21.7 Å². The van der Waals surface area contributed by atoms with Crippen molar-refractivity contribution in [2.75, 3.05) is 10.6 Å². The third kappa shape index (κ3) is 4.65. The topological polar surface area (TPSA) is 84.0 Å². The number of hydrogen-bond donors (Lipinski definition) is 2. The highest BCUT2D eigenvalue weighted by molar-refractivity contribution is 6.31. The highest BCUT2D eigenvalue weighted by Crippen LogP contribution is 2.21. The Bertz CT molecular complexity index is 1010. The largest absolute Gasteiger partial charge is 0.324 e. The summed E-state index contributed by atoms with van der Waals surface area (Å²) in [7, 11) is 0. The molecule has 2 aromatic carbocycles. The van der Waals surface area contributed by atoms with E-state index >= 15 is 0 Å². The maximum absolute atomic E-state index is 13.2. The molecule has 8 heteroatoms. The van der Waals surface area contributed by atoms with E-state index in [0.29, 0.717) is 16.9 Å². The quantitative estimate of drug-likeness (QED) is 0.634. The first-order valence-electron chi connectivity index (χ1n) is 7.90. The molecule has 0 atom stereocenters. The van der Waals surface area contributed by atoms with Crippen molar-refractivity contribution in [3.63, 3.8) is 0 Å². The van der Waals surface area contributed by atoms with E-state index in [4.69, 9.17) is 11.6 Å². The van der Waals surface area contributed by atoms with Crippen LogP contribution in [-0.2, 0) is 0 Å². The monoisotopic (exact) mass is 384 g/mol. The third-order valence-electron chi connectivity index (χ3n) is 3.61. The maximum Gasteiger partial charge on any atom is 0.274 e. The van der Waals surface area contributed by atoms with Crippen LogP contribution in [-0.4, -0.2) is 21.7 Å². The standard InChI is InChI=1S/C19H14ClFN4O2/c1-11(26)12-2-4-13(5-3-12)23-18(27)17-8-9-22-19(25-17)24-14-6-7-16(21)15(20)10-14/h2-10H,1H3,(H,23,27)(H,22,24,25). The molecule has 0 saturated heterocycles. The fourth-order valence-corrected chi connectivity index (χ4v) is 2.41. The number of halogens is 2. The van der Waals surface area contributed by atoms with Crippen molar-refractivity contribution in [3.05, 3.63) is 76.8 Å². The lowest BCUT2D eigenvalue weighted by molar-refractivity contribution is 0.101. The molecule has 0 aliphatic carbocycles. The molecule has 6 nitrogen and oxygen atoms in total. The van der Waals surface area contributed by atoms with Crippen molar-refractivity contribution < 1.29 is 14.0 Å². The van der Waals surface area contributed by atoms with Crippen molar-refractivity contribution in [2.24, 2.45) is 0 Å². The Balaban J connectivity index is 1.73. The molecule has 0 aliphatic rings. The molecule has 0 spiro atoms. The minimum Gasteiger partial charge on any atom is -0.324 e. The summed E-state index contributed by atoms with van der Waals surface area (Å²) in [5, 5.41) is 5.51. The van der Waals surface area contributed by atoms with Crippen LogP contribution in [0.5, 0.6) is 0 Å². The molecule has 136 valence electrons. The molecule has 0 saturated carbocycles. The van der Waals surface area contributed by atoms with E-state index in [0.717, 1.165) is 0 Å². The van der Waals surface area contributed by atoms with Crippen LogP contribution in [0.2, 0.25) is 5.02 Å². The van der Waals surface area contributed by atoms with Crippen LogP contribution in [0, 0.1) is 5.82 Å². The first-order chi connectivity index (χ1) is 12.9. The van der Waals surface area contributed by atoms with E-state index in [2.05, 4.69) is 20.6 Å². The van der Waals surface area contributed by atoms with Gasteiger partial charge in [-0.15, -0.1) is 0 Å². The van der Waals surface area contributed by atoms with Gasteiger partial charge in [-0.3, -0.25) is 9.59 Å². The Hall–Kier alpha value is -3.32. The summed E-state index contributed by atoms with van der Waals surface area (Å²) in [6, 6.07) is 12.1. The maximum atomic E-state index is 13.2. The van der Waals surface area contributed by atoms with Crippen LogP contribution < -0.4 is 10.6 Å². The Kier molecular flexibility index (Phi) is 5.42. The predicted molar refractivity (Wildman–Crippen MR) is 101 cm³/mol. The summed E-state index contributed by atoms with van der Waals surface area (Å²) in [5.41, 5.74) is 1.71. The normalized spacial score (nSPS) is 10.3. The molecular weight excluding hydrogens is 371 g/mol. The third-order valence-corrected chi connectivity index (χ3v) is 3.90. The Morgan fingerprint density at radius 1 is 1.04 bits per heavy atom. The minimum atomic E-state index is -0.535. The number of hydrogen-bond acceptors (Lipinski definition) is 5. The molecule has 0 bridgehead atoms. The summed E-state index contributed by atoms with van der Waals surface area (Å²) in [6.07, 6.45) is 1.42. The predicted octanol–water partition coefficient (Wildman–Crippen LogP) is 4.47. The zero-order chi connectivity index (χ0) is 19.4. The fourth-order valence-electron chi connectivity index (χ4n) is 2.23. The fraction of sp³-hybridized carbons (Fsp3) is 0.0526. The molecule has 3 aromatic rings. The first-order valence-corrected chi connectivity index (χ1v) is 8.27. The van der Waals surface area contributed by atoms with Crippen molar-refractivity contribution in [1.82, 2.24) is 9.97 Å². The minimum absolute atomic E-state index is 0.0390. The summed E-state index contributed by atoms with van der Waals surface area (Å²) in [6.45, 7) is 1.47. The zero-order valence-electron chi connectivity index (χ0n) is 14.2. The lowest BCUT2D eigenvalue weighted by Crippen LogP contribution is -2.14. The van der Waals surface area contributed by atoms with Gasteiger partial charge >= 0.3 is 0 Å². The molecule has 1 amide bonds. The number of carbonyl (C=O) groups excluding carboxylic acids is 2. The number of Topliss-reactive ketones (excluding diaryl/α,β-unsaturated/α-hetero) is 1. The van der Waals surface area contributed by atoms with Gasteiger partial charge in [-0.2, -0.15) is 0 Å². The molecule has 1 heterocycles. The number of benzene rings is 2. The number of ketones is 1. The van der Waals surface area contributed by atoms with Gasteiger partial charge in [0.05, 0.1) is 5.02 Å². The lowest BCUT2D eigenvalue weighted by Gasteiger charge is -2.08. The summed E-state index contributed by atoms with van der Waals surface area (Å²) in [4.78, 5) is 31.8. The SMILES string of the molecule is CC(=O)c1ccc(NC(=O)c2ccnc(Nc3ccc(F)c(Cl)c3)n2)cc1. The highest BCUT2D eigenvalue weighted by atomic mass is 35.5. The molecule has 0 radical (unpaired) electrons. The average Bonchev–Trinajstić information content (AvgIpc) is 2.65. The summed E-state index contributed by atoms with van der Waals surface area (Å²) < 4.78 is 13.2. The van der Waals surface area contributed by atoms with Gasteiger partial charge < -0.3 is 10.6 Å². The van der Waals surface area contributed by atoms with Gasteiger partial charge in [0, 0.05) is 23.1 Å². The molecule has 3 rings (SSSR count). The van der Waals surface area contributed by atoms with Crippen molar-refractivity contribution in [3.8, 4) is 0 Å². The highest BCUT2D eigenvalue weighted by Gasteiger charge is 2.10. The Labute approximate surface area is 159 Å². The summed E-state index contributed by atoms with van der Waals surface area (Å²) >= 11 is 5.74. The smallest absolute Gasteiger partial charge is 0.274 e. The van der Waals surface area contributed by atoms with Gasteiger partial charge in [-0.25, -0.2) is 14.4 Å². The molecule has 0 unspecified atom stereocenters. The number of carbonyl (C=O) groups is 2. The van der Waals surface area contributed by atoms with Gasteiger partial charge in [0.15, 0.2) is 5.78 Å².